The number of aromatic nitrogens is 3. The monoisotopic (exact) mass is 411 g/mol. The van der Waals surface area contributed by atoms with E-state index in [1.807, 2.05) is 26.8 Å². The first kappa shape index (κ1) is 19.6. The lowest BCUT2D eigenvalue weighted by molar-refractivity contribution is 0.0911. The lowest BCUT2D eigenvalue weighted by atomic mass is 9.93. The molecule has 1 atom stereocenters. The van der Waals surface area contributed by atoms with Crippen molar-refractivity contribution in [2.24, 2.45) is 5.92 Å². The maximum Gasteiger partial charge on any atom is 0.270 e. The molecule has 152 valence electrons. The molecule has 0 radical (unpaired) electrons. The zero-order chi connectivity index (χ0) is 20.5. The lowest BCUT2D eigenvalue weighted by Crippen LogP contribution is -2.39. The first-order chi connectivity index (χ1) is 13.9. The number of aryl methyl sites for hydroxylation is 1. The molecule has 7 nitrogen and oxygen atoms in total. The Morgan fingerprint density at radius 1 is 1.21 bits per heavy atom. The van der Waals surface area contributed by atoms with Gasteiger partial charge in [0.2, 0.25) is 0 Å². The summed E-state index contributed by atoms with van der Waals surface area (Å²) >= 11 is 1.41. The molecule has 2 aromatic heterocycles. The average molecular weight is 412 g/mol. The summed E-state index contributed by atoms with van der Waals surface area (Å²) in [6.07, 6.45) is 3.24. The van der Waals surface area contributed by atoms with Crippen molar-refractivity contribution in [2.75, 3.05) is 0 Å². The molecule has 1 aromatic carbocycles. The van der Waals surface area contributed by atoms with Crippen molar-refractivity contribution in [3.8, 4) is 0 Å². The number of hydrogen-bond acceptors (Lipinski definition) is 5. The minimum atomic E-state index is -0.267. The standard InChI is InChI=1S/C21H25N5O2S/c1-11(2)18(21-25-17(10-29-21)20(28)24-14-5-4-6-14)26-19(27)13-7-8-15-16(9-13)23-12(3)22-15/h7-11,14,18H,4-6H2,1-3H3,(H,22,23)(H,24,28)(H,26,27)/t18-/m1/s1. The molecule has 0 saturated heterocycles. The van der Waals surface area contributed by atoms with Crippen molar-refractivity contribution in [3.63, 3.8) is 0 Å². The Kier molecular flexibility index (Phi) is 5.36. The van der Waals surface area contributed by atoms with Crippen molar-refractivity contribution in [3.05, 3.63) is 45.7 Å². The number of hydrogen-bond donors (Lipinski definition) is 3. The van der Waals surface area contributed by atoms with Crippen molar-refractivity contribution in [1.29, 1.82) is 0 Å². The Hall–Kier alpha value is -2.74. The summed E-state index contributed by atoms with van der Waals surface area (Å²) in [5.41, 5.74) is 2.65. The molecule has 3 N–H and O–H groups in total. The van der Waals surface area contributed by atoms with Crippen LogP contribution in [0.4, 0.5) is 0 Å². The molecule has 0 bridgehead atoms. The topological polar surface area (TPSA) is 99.8 Å². The highest BCUT2D eigenvalue weighted by Crippen LogP contribution is 2.26. The molecule has 29 heavy (non-hydrogen) atoms. The van der Waals surface area contributed by atoms with E-state index in [0.29, 0.717) is 11.3 Å². The van der Waals surface area contributed by atoms with Crippen molar-refractivity contribution >= 4 is 34.2 Å². The van der Waals surface area contributed by atoms with Crippen molar-refractivity contribution in [2.45, 2.75) is 52.1 Å². The zero-order valence-electron chi connectivity index (χ0n) is 16.8. The van der Waals surface area contributed by atoms with Crippen LogP contribution in [0.25, 0.3) is 11.0 Å². The Labute approximate surface area is 173 Å². The number of thiazole rings is 1. The van der Waals surface area contributed by atoms with E-state index in [1.165, 1.54) is 17.8 Å². The summed E-state index contributed by atoms with van der Waals surface area (Å²) in [6.45, 7) is 5.94. The van der Waals surface area contributed by atoms with Gasteiger partial charge in [-0.2, -0.15) is 0 Å². The summed E-state index contributed by atoms with van der Waals surface area (Å²) in [4.78, 5) is 37.3. The summed E-state index contributed by atoms with van der Waals surface area (Å²) in [6, 6.07) is 5.42. The summed E-state index contributed by atoms with van der Waals surface area (Å²) in [7, 11) is 0. The van der Waals surface area contributed by atoms with Gasteiger partial charge in [0.25, 0.3) is 11.8 Å². The SMILES string of the molecule is Cc1nc2ccc(C(=O)N[C@@H](c3nc(C(=O)NC4CCC4)cs3)C(C)C)cc2[nH]1. The second-order valence-electron chi connectivity index (χ2n) is 7.92. The number of benzene rings is 1. The molecule has 1 saturated carbocycles. The van der Waals surface area contributed by atoms with E-state index in [2.05, 4.69) is 25.6 Å². The van der Waals surface area contributed by atoms with Gasteiger partial charge in [-0.3, -0.25) is 9.59 Å². The van der Waals surface area contributed by atoms with E-state index in [0.717, 1.165) is 34.7 Å². The predicted molar refractivity (Wildman–Crippen MR) is 113 cm³/mol. The normalized spacial score (nSPS) is 15.3. The van der Waals surface area contributed by atoms with Crippen LogP contribution in [-0.4, -0.2) is 32.8 Å². The Balaban J connectivity index is 1.49. The minimum Gasteiger partial charge on any atom is -0.348 e. The molecule has 0 spiro atoms. The van der Waals surface area contributed by atoms with Crippen LogP contribution in [0.5, 0.6) is 0 Å². The van der Waals surface area contributed by atoms with E-state index in [4.69, 9.17) is 0 Å². The summed E-state index contributed by atoms with van der Waals surface area (Å²) in [5, 5.41) is 8.60. The van der Waals surface area contributed by atoms with Crippen LogP contribution in [-0.2, 0) is 0 Å². The molecule has 1 fully saturated rings. The third-order valence-corrected chi connectivity index (χ3v) is 6.20. The van der Waals surface area contributed by atoms with Crippen LogP contribution in [0.1, 0.15) is 70.8 Å². The molecule has 3 aromatic rings. The summed E-state index contributed by atoms with van der Waals surface area (Å²) < 4.78 is 0. The van der Waals surface area contributed by atoms with Crippen LogP contribution in [0.3, 0.4) is 0 Å². The van der Waals surface area contributed by atoms with Crippen LogP contribution in [0.2, 0.25) is 0 Å². The number of fused-ring (bicyclic) bond motifs is 1. The largest absolute Gasteiger partial charge is 0.348 e. The first-order valence-electron chi connectivity index (χ1n) is 9.94. The van der Waals surface area contributed by atoms with E-state index in [-0.39, 0.29) is 29.8 Å². The van der Waals surface area contributed by atoms with E-state index in [9.17, 15) is 9.59 Å². The number of amides is 2. The molecule has 0 unspecified atom stereocenters. The lowest BCUT2D eigenvalue weighted by Gasteiger charge is -2.25. The van der Waals surface area contributed by atoms with Crippen molar-refractivity contribution in [1.82, 2.24) is 25.6 Å². The Morgan fingerprint density at radius 2 is 2.00 bits per heavy atom. The number of imidazole rings is 1. The fourth-order valence-electron chi connectivity index (χ4n) is 3.36. The van der Waals surface area contributed by atoms with Gasteiger partial charge in [0.15, 0.2) is 0 Å². The van der Waals surface area contributed by atoms with Crippen LogP contribution in [0, 0.1) is 12.8 Å². The molecule has 8 heteroatoms. The van der Waals surface area contributed by atoms with Gasteiger partial charge >= 0.3 is 0 Å². The quantitative estimate of drug-likeness (QED) is 0.575. The number of nitrogens with zero attached hydrogens (tertiary/aromatic N) is 2. The predicted octanol–water partition coefficient (Wildman–Crippen LogP) is 3.74. The minimum absolute atomic E-state index is 0.130. The highest BCUT2D eigenvalue weighted by atomic mass is 32.1. The van der Waals surface area contributed by atoms with Crippen LogP contribution in [0.15, 0.2) is 23.6 Å². The maximum absolute atomic E-state index is 12.9. The van der Waals surface area contributed by atoms with E-state index >= 15 is 0 Å². The van der Waals surface area contributed by atoms with Crippen LogP contribution >= 0.6 is 11.3 Å². The molecule has 1 aliphatic rings. The number of H-pyrrole nitrogens is 1. The first-order valence-corrected chi connectivity index (χ1v) is 10.8. The highest BCUT2D eigenvalue weighted by Gasteiger charge is 2.25. The van der Waals surface area contributed by atoms with Gasteiger partial charge in [-0.15, -0.1) is 11.3 Å². The van der Waals surface area contributed by atoms with Gasteiger partial charge in [-0.05, 0) is 50.3 Å². The smallest absolute Gasteiger partial charge is 0.270 e. The molecule has 2 amide bonds. The number of rotatable bonds is 6. The molecule has 0 aliphatic heterocycles. The van der Waals surface area contributed by atoms with E-state index in [1.54, 1.807) is 17.5 Å². The number of nitrogens with one attached hydrogen (secondary N) is 3. The third kappa shape index (κ3) is 4.17. The molecule has 2 heterocycles. The average Bonchev–Trinajstić information content (AvgIpc) is 3.27. The second-order valence-corrected chi connectivity index (χ2v) is 8.81. The van der Waals surface area contributed by atoms with Gasteiger partial charge in [-0.1, -0.05) is 13.8 Å². The molecule has 4 rings (SSSR count). The third-order valence-electron chi connectivity index (χ3n) is 5.28. The number of carbonyl (C=O) groups excluding carboxylic acids is 2. The molecule has 1 aliphatic carbocycles. The fraction of sp³-hybridized carbons (Fsp3) is 0.429. The van der Waals surface area contributed by atoms with Gasteiger partial charge in [0, 0.05) is 17.0 Å². The Morgan fingerprint density at radius 3 is 2.69 bits per heavy atom. The van der Waals surface area contributed by atoms with Gasteiger partial charge in [0.1, 0.15) is 16.5 Å². The number of aromatic amines is 1. The van der Waals surface area contributed by atoms with Crippen LogP contribution < -0.4 is 10.6 Å². The van der Waals surface area contributed by atoms with Gasteiger partial charge in [-0.25, -0.2) is 9.97 Å². The van der Waals surface area contributed by atoms with Gasteiger partial charge < -0.3 is 15.6 Å². The highest BCUT2D eigenvalue weighted by molar-refractivity contribution is 7.09. The molecular formula is C21H25N5O2S. The maximum atomic E-state index is 12.9. The fourth-order valence-corrected chi connectivity index (χ4v) is 4.38. The van der Waals surface area contributed by atoms with Gasteiger partial charge in [0.05, 0.1) is 17.1 Å². The van der Waals surface area contributed by atoms with Crippen molar-refractivity contribution < 1.29 is 9.59 Å². The Bertz CT molecular complexity index is 1050. The second kappa shape index (κ2) is 7.94. The van der Waals surface area contributed by atoms with E-state index < -0.39 is 0 Å². The zero-order valence-corrected chi connectivity index (χ0v) is 17.6. The summed E-state index contributed by atoms with van der Waals surface area (Å²) in [5.74, 6) is 0.638. The number of carbonyl (C=O) groups is 2. The molecular weight excluding hydrogens is 386 g/mol.